The molecule has 0 bridgehead atoms. The standard InChI is InChI=1S/C18H16ClN3O4S/c1-11-9-17(23)21-18(20-11)12-3-5-13(6-4-12)22-27(24,25)14-7-8-16(26-2)15(19)10-14/h3-10,22H,1-2H3,(H,20,21,23). The van der Waals surface area contributed by atoms with Crippen LogP contribution in [0.3, 0.4) is 0 Å². The molecule has 1 aromatic heterocycles. The van der Waals surface area contributed by atoms with Gasteiger partial charge in [-0.1, -0.05) is 11.6 Å². The third-order valence-electron chi connectivity index (χ3n) is 3.71. The Morgan fingerprint density at radius 1 is 1.11 bits per heavy atom. The molecule has 0 aliphatic carbocycles. The van der Waals surface area contributed by atoms with Crippen molar-refractivity contribution in [3.63, 3.8) is 0 Å². The lowest BCUT2D eigenvalue weighted by atomic mass is 10.2. The van der Waals surface area contributed by atoms with Gasteiger partial charge in [0.25, 0.3) is 15.6 Å². The van der Waals surface area contributed by atoms with Gasteiger partial charge in [-0.3, -0.25) is 9.52 Å². The van der Waals surface area contributed by atoms with Crippen LogP contribution in [0.1, 0.15) is 5.69 Å². The average Bonchev–Trinajstić information content (AvgIpc) is 2.61. The van der Waals surface area contributed by atoms with Gasteiger partial charge >= 0.3 is 0 Å². The molecule has 1 heterocycles. The highest BCUT2D eigenvalue weighted by Crippen LogP contribution is 2.28. The van der Waals surface area contributed by atoms with Crippen LogP contribution >= 0.6 is 11.6 Å². The quantitative estimate of drug-likeness (QED) is 0.678. The van der Waals surface area contributed by atoms with E-state index in [-0.39, 0.29) is 15.5 Å². The Morgan fingerprint density at radius 3 is 2.41 bits per heavy atom. The molecule has 3 aromatic rings. The molecule has 0 saturated heterocycles. The number of hydrogen-bond donors (Lipinski definition) is 2. The minimum Gasteiger partial charge on any atom is -0.495 e. The first-order chi connectivity index (χ1) is 12.8. The zero-order valence-corrected chi connectivity index (χ0v) is 16.1. The highest BCUT2D eigenvalue weighted by atomic mass is 35.5. The van der Waals surface area contributed by atoms with E-state index in [0.29, 0.717) is 28.5 Å². The third-order valence-corrected chi connectivity index (χ3v) is 5.39. The van der Waals surface area contributed by atoms with Crippen molar-refractivity contribution in [1.82, 2.24) is 9.97 Å². The van der Waals surface area contributed by atoms with E-state index >= 15 is 0 Å². The topological polar surface area (TPSA) is 101 Å². The van der Waals surface area contributed by atoms with Crippen LogP contribution < -0.4 is 15.0 Å². The molecule has 9 heteroatoms. The normalized spacial score (nSPS) is 11.2. The van der Waals surface area contributed by atoms with Gasteiger partial charge in [0.15, 0.2) is 0 Å². The number of nitrogens with one attached hydrogen (secondary N) is 2. The zero-order valence-electron chi connectivity index (χ0n) is 14.5. The summed E-state index contributed by atoms with van der Waals surface area (Å²) in [6.45, 7) is 1.72. The predicted molar refractivity (Wildman–Crippen MR) is 104 cm³/mol. The van der Waals surface area contributed by atoms with E-state index in [2.05, 4.69) is 14.7 Å². The first kappa shape index (κ1) is 18.9. The third kappa shape index (κ3) is 4.29. The number of ether oxygens (including phenoxy) is 1. The van der Waals surface area contributed by atoms with E-state index in [0.717, 1.165) is 0 Å². The van der Waals surface area contributed by atoms with Gasteiger partial charge in [-0.25, -0.2) is 13.4 Å². The number of benzene rings is 2. The molecule has 0 aliphatic heterocycles. The van der Waals surface area contributed by atoms with Crippen molar-refractivity contribution >= 4 is 27.3 Å². The van der Waals surface area contributed by atoms with Crippen molar-refractivity contribution in [3.8, 4) is 17.1 Å². The van der Waals surface area contributed by atoms with Gasteiger partial charge in [0, 0.05) is 23.0 Å². The molecule has 0 aliphatic rings. The van der Waals surface area contributed by atoms with Gasteiger partial charge < -0.3 is 9.72 Å². The number of hydrogen-bond acceptors (Lipinski definition) is 5. The Hall–Kier alpha value is -2.84. The van der Waals surface area contributed by atoms with Crippen LogP contribution in [0.25, 0.3) is 11.4 Å². The van der Waals surface area contributed by atoms with E-state index < -0.39 is 10.0 Å². The van der Waals surface area contributed by atoms with E-state index in [1.54, 1.807) is 31.2 Å². The summed E-state index contributed by atoms with van der Waals surface area (Å²) in [5.74, 6) is 0.802. The minimum atomic E-state index is -3.82. The van der Waals surface area contributed by atoms with Crippen LogP contribution in [-0.2, 0) is 10.0 Å². The molecule has 0 unspecified atom stereocenters. The maximum atomic E-state index is 12.5. The van der Waals surface area contributed by atoms with Crippen molar-refractivity contribution in [2.75, 3.05) is 11.8 Å². The molecular weight excluding hydrogens is 390 g/mol. The summed E-state index contributed by atoms with van der Waals surface area (Å²) >= 11 is 6.00. The van der Waals surface area contributed by atoms with E-state index in [4.69, 9.17) is 16.3 Å². The van der Waals surface area contributed by atoms with Crippen LogP contribution in [0.2, 0.25) is 5.02 Å². The van der Waals surface area contributed by atoms with Crippen molar-refractivity contribution in [2.24, 2.45) is 0 Å². The molecule has 0 fully saturated rings. The lowest BCUT2D eigenvalue weighted by Crippen LogP contribution is -2.13. The van der Waals surface area contributed by atoms with Crippen LogP contribution in [-0.4, -0.2) is 25.5 Å². The lowest BCUT2D eigenvalue weighted by molar-refractivity contribution is 0.414. The molecule has 0 atom stereocenters. The number of aromatic nitrogens is 2. The second-order valence-corrected chi connectivity index (χ2v) is 7.80. The molecule has 3 rings (SSSR count). The molecule has 140 valence electrons. The van der Waals surface area contributed by atoms with Gasteiger partial charge in [0.05, 0.1) is 17.0 Å². The number of aryl methyl sites for hydroxylation is 1. The Kier molecular flexibility index (Phi) is 5.20. The molecular formula is C18H16ClN3O4S. The Morgan fingerprint density at radius 2 is 1.81 bits per heavy atom. The van der Waals surface area contributed by atoms with Gasteiger partial charge in [0.2, 0.25) is 0 Å². The highest BCUT2D eigenvalue weighted by Gasteiger charge is 2.16. The monoisotopic (exact) mass is 405 g/mol. The smallest absolute Gasteiger partial charge is 0.261 e. The van der Waals surface area contributed by atoms with E-state index in [9.17, 15) is 13.2 Å². The number of halogens is 1. The number of anilines is 1. The number of methoxy groups -OCH3 is 1. The van der Waals surface area contributed by atoms with E-state index in [1.165, 1.54) is 31.4 Å². The fraction of sp³-hybridized carbons (Fsp3) is 0.111. The number of nitrogens with zero attached hydrogens (tertiary/aromatic N) is 1. The maximum Gasteiger partial charge on any atom is 0.261 e. The summed E-state index contributed by atoms with van der Waals surface area (Å²) in [5, 5.41) is 0.199. The van der Waals surface area contributed by atoms with Crippen molar-refractivity contribution in [3.05, 3.63) is 69.6 Å². The first-order valence-electron chi connectivity index (χ1n) is 7.83. The zero-order chi connectivity index (χ0) is 19.6. The number of H-pyrrole nitrogens is 1. The number of rotatable bonds is 5. The van der Waals surface area contributed by atoms with E-state index in [1.807, 2.05) is 0 Å². The van der Waals surface area contributed by atoms with Gasteiger partial charge in [-0.2, -0.15) is 0 Å². The average molecular weight is 406 g/mol. The Labute approximate surface area is 161 Å². The second-order valence-electron chi connectivity index (χ2n) is 5.71. The highest BCUT2D eigenvalue weighted by molar-refractivity contribution is 7.92. The molecule has 0 radical (unpaired) electrons. The summed E-state index contributed by atoms with van der Waals surface area (Å²) in [6, 6.07) is 12.1. The number of sulfonamides is 1. The summed E-state index contributed by atoms with van der Waals surface area (Å²) in [7, 11) is -2.37. The van der Waals surface area contributed by atoms with Crippen LogP contribution in [0.5, 0.6) is 5.75 Å². The summed E-state index contributed by atoms with van der Waals surface area (Å²) in [4.78, 5) is 18.5. The number of aromatic amines is 1. The Balaban J connectivity index is 1.85. The van der Waals surface area contributed by atoms with Crippen LogP contribution in [0.4, 0.5) is 5.69 Å². The molecule has 7 nitrogen and oxygen atoms in total. The van der Waals surface area contributed by atoms with Crippen LogP contribution in [0, 0.1) is 6.92 Å². The molecule has 0 saturated carbocycles. The molecule has 2 aromatic carbocycles. The van der Waals surface area contributed by atoms with Gasteiger partial charge in [-0.15, -0.1) is 0 Å². The molecule has 0 spiro atoms. The summed E-state index contributed by atoms with van der Waals surface area (Å²) < 4.78 is 32.6. The minimum absolute atomic E-state index is 0.0158. The van der Waals surface area contributed by atoms with Gasteiger partial charge in [0.1, 0.15) is 11.6 Å². The SMILES string of the molecule is COc1ccc(S(=O)(=O)Nc2ccc(-c3nc(C)cc(=O)[nH]3)cc2)cc1Cl. The van der Waals surface area contributed by atoms with Gasteiger partial charge in [-0.05, 0) is 49.4 Å². The van der Waals surface area contributed by atoms with Crippen LogP contribution in [0.15, 0.2) is 58.2 Å². The molecule has 0 amide bonds. The molecule has 2 N–H and O–H groups in total. The first-order valence-corrected chi connectivity index (χ1v) is 9.69. The van der Waals surface area contributed by atoms with Crippen molar-refractivity contribution < 1.29 is 13.2 Å². The Bertz CT molecular complexity index is 1140. The summed E-state index contributed by atoms with van der Waals surface area (Å²) in [6.07, 6.45) is 0. The van der Waals surface area contributed by atoms with Crippen molar-refractivity contribution in [2.45, 2.75) is 11.8 Å². The molecule has 27 heavy (non-hydrogen) atoms. The lowest BCUT2D eigenvalue weighted by Gasteiger charge is -2.10. The summed E-state index contributed by atoms with van der Waals surface area (Å²) in [5.41, 5.74) is 1.36. The fourth-order valence-corrected chi connectivity index (χ4v) is 3.85. The predicted octanol–water partition coefficient (Wildman–Crippen LogP) is 3.21. The fourth-order valence-electron chi connectivity index (χ4n) is 2.44. The maximum absolute atomic E-state index is 12.5. The van der Waals surface area contributed by atoms with Crippen molar-refractivity contribution in [1.29, 1.82) is 0 Å². The largest absolute Gasteiger partial charge is 0.495 e. The second kappa shape index (κ2) is 7.42.